The van der Waals surface area contributed by atoms with Crippen LogP contribution in [0.3, 0.4) is 0 Å². The third-order valence-electron chi connectivity index (χ3n) is 2.29. The Labute approximate surface area is 85.8 Å². The third-order valence-corrected chi connectivity index (χ3v) is 2.29. The number of nitrogens with one attached hydrogen (secondary N) is 1. The van der Waals surface area contributed by atoms with Gasteiger partial charge in [0.1, 0.15) is 0 Å². The molecule has 0 heterocycles. The molecule has 1 aromatic carbocycles. The summed E-state index contributed by atoms with van der Waals surface area (Å²) in [6.45, 7) is 5.80. The lowest BCUT2D eigenvalue weighted by molar-refractivity contribution is 0.531. The Kier molecular flexibility index (Phi) is 4.36. The van der Waals surface area contributed by atoms with Crippen LogP contribution in [0.5, 0.6) is 0 Å². The van der Waals surface area contributed by atoms with E-state index in [1.807, 2.05) is 6.08 Å². The van der Waals surface area contributed by atoms with Crippen molar-refractivity contribution in [2.75, 3.05) is 0 Å². The predicted octanol–water partition coefficient (Wildman–Crippen LogP) is 1.95. The van der Waals surface area contributed by atoms with Gasteiger partial charge >= 0.3 is 0 Å². The second-order valence-corrected chi connectivity index (χ2v) is 3.58. The van der Waals surface area contributed by atoms with Crippen LogP contribution in [0.4, 0.5) is 0 Å². The van der Waals surface area contributed by atoms with E-state index in [-0.39, 0.29) is 6.04 Å². The van der Waals surface area contributed by atoms with E-state index in [1.54, 1.807) is 0 Å². The van der Waals surface area contributed by atoms with Gasteiger partial charge in [0.25, 0.3) is 0 Å². The highest BCUT2D eigenvalue weighted by Crippen LogP contribution is 2.07. The van der Waals surface area contributed by atoms with E-state index < -0.39 is 0 Å². The van der Waals surface area contributed by atoms with Crippen molar-refractivity contribution in [1.29, 1.82) is 0 Å². The molecule has 1 aromatic rings. The molecule has 0 aliphatic heterocycles. The first-order valence-electron chi connectivity index (χ1n) is 4.89. The molecule has 2 heteroatoms. The minimum Gasteiger partial charge on any atom is -0.271 e. The topological polar surface area (TPSA) is 38.0 Å². The summed E-state index contributed by atoms with van der Waals surface area (Å²) in [4.78, 5) is 0. The zero-order valence-electron chi connectivity index (χ0n) is 8.66. The van der Waals surface area contributed by atoms with Crippen molar-refractivity contribution in [1.82, 2.24) is 5.43 Å². The third kappa shape index (κ3) is 3.32. The molecule has 2 nitrogen and oxygen atoms in total. The summed E-state index contributed by atoms with van der Waals surface area (Å²) in [5, 5.41) is 0. The summed E-state index contributed by atoms with van der Waals surface area (Å²) in [6.07, 6.45) is 3.73. The molecular weight excluding hydrogens is 172 g/mol. The standard InChI is InChI=1S/C12H18N2/c1-3-4-12(14-13)9-11-7-5-10(2)6-8-11/h3,5-8,12,14H,1,4,9,13H2,2H3. The molecule has 1 unspecified atom stereocenters. The Morgan fingerprint density at radius 3 is 2.57 bits per heavy atom. The number of benzene rings is 1. The molecule has 1 atom stereocenters. The molecule has 76 valence electrons. The molecule has 0 aliphatic carbocycles. The minimum atomic E-state index is 0.287. The van der Waals surface area contributed by atoms with E-state index in [2.05, 4.69) is 43.2 Å². The van der Waals surface area contributed by atoms with E-state index in [1.165, 1.54) is 11.1 Å². The van der Waals surface area contributed by atoms with Crippen LogP contribution in [0.25, 0.3) is 0 Å². The zero-order valence-corrected chi connectivity index (χ0v) is 8.66. The van der Waals surface area contributed by atoms with Crippen LogP contribution < -0.4 is 11.3 Å². The highest BCUT2D eigenvalue weighted by molar-refractivity contribution is 5.22. The Morgan fingerprint density at radius 1 is 1.43 bits per heavy atom. The summed E-state index contributed by atoms with van der Waals surface area (Å²) in [5.41, 5.74) is 5.39. The van der Waals surface area contributed by atoms with Crippen molar-refractivity contribution in [3.05, 3.63) is 48.0 Å². The van der Waals surface area contributed by atoms with Crippen molar-refractivity contribution in [2.24, 2.45) is 5.84 Å². The monoisotopic (exact) mass is 190 g/mol. The van der Waals surface area contributed by atoms with Crippen molar-refractivity contribution in [3.63, 3.8) is 0 Å². The fourth-order valence-corrected chi connectivity index (χ4v) is 1.42. The number of rotatable bonds is 5. The first-order valence-corrected chi connectivity index (χ1v) is 4.89. The number of nitrogens with two attached hydrogens (primary N) is 1. The average molecular weight is 190 g/mol. The van der Waals surface area contributed by atoms with E-state index >= 15 is 0 Å². The molecular formula is C12H18N2. The number of hydrogen-bond donors (Lipinski definition) is 2. The summed E-state index contributed by atoms with van der Waals surface area (Å²) in [5.74, 6) is 5.44. The molecule has 14 heavy (non-hydrogen) atoms. The number of aryl methyl sites for hydroxylation is 1. The lowest BCUT2D eigenvalue weighted by atomic mass is 10.0. The number of hydrogen-bond acceptors (Lipinski definition) is 2. The van der Waals surface area contributed by atoms with Gasteiger partial charge in [0.15, 0.2) is 0 Å². The Morgan fingerprint density at radius 2 is 2.07 bits per heavy atom. The molecule has 0 amide bonds. The molecule has 1 rings (SSSR count). The van der Waals surface area contributed by atoms with Gasteiger partial charge in [-0.25, -0.2) is 0 Å². The highest BCUT2D eigenvalue weighted by atomic mass is 15.2. The van der Waals surface area contributed by atoms with Gasteiger partial charge < -0.3 is 0 Å². The maximum absolute atomic E-state index is 5.44. The summed E-state index contributed by atoms with van der Waals surface area (Å²) < 4.78 is 0. The van der Waals surface area contributed by atoms with Gasteiger partial charge in [-0.15, -0.1) is 6.58 Å². The van der Waals surface area contributed by atoms with Gasteiger partial charge in [0.2, 0.25) is 0 Å². The highest BCUT2D eigenvalue weighted by Gasteiger charge is 2.04. The quantitative estimate of drug-likeness (QED) is 0.423. The fourth-order valence-electron chi connectivity index (χ4n) is 1.42. The zero-order chi connectivity index (χ0) is 10.4. The molecule has 0 fully saturated rings. The van der Waals surface area contributed by atoms with Gasteiger partial charge in [-0.3, -0.25) is 11.3 Å². The molecule has 0 aliphatic rings. The minimum absolute atomic E-state index is 0.287. The maximum Gasteiger partial charge on any atom is 0.0285 e. The Bertz CT molecular complexity index is 277. The molecule has 0 saturated carbocycles. The fraction of sp³-hybridized carbons (Fsp3) is 0.333. The first kappa shape index (κ1) is 11.0. The van der Waals surface area contributed by atoms with Crippen LogP contribution in [0.2, 0.25) is 0 Å². The average Bonchev–Trinajstić information content (AvgIpc) is 2.20. The van der Waals surface area contributed by atoms with Crippen LogP contribution in [0.1, 0.15) is 17.5 Å². The molecule has 3 N–H and O–H groups in total. The first-order chi connectivity index (χ1) is 6.76. The largest absolute Gasteiger partial charge is 0.271 e. The van der Waals surface area contributed by atoms with Crippen molar-refractivity contribution in [2.45, 2.75) is 25.8 Å². The van der Waals surface area contributed by atoms with Gasteiger partial charge in [0.05, 0.1) is 0 Å². The van der Waals surface area contributed by atoms with Gasteiger partial charge in [-0.2, -0.15) is 0 Å². The van der Waals surface area contributed by atoms with Crippen LogP contribution in [0.15, 0.2) is 36.9 Å². The lowest BCUT2D eigenvalue weighted by Gasteiger charge is -2.13. The predicted molar refractivity (Wildman–Crippen MR) is 60.8 cm³/mol. The van der Waals surface area contributed by atoms with Crippen molar-refractivity contribution < 1.29 is 0 Å². The van der Waals surface area contributed by atoms with Crippen LogP contribution in [-0.2, 0) is 6.42 Å². The van der Waals surface area contributed by atoms with E-state index in [0.29, 0.717) is 0 Å². The Balaban J connectivity index is 2.57. The Hall–Kier alpha value is -1.12. The summed E-state index contributed by atoms with van der Waals surface area (Å²) in [6, 6.07) is 8.81. The number of hydrazine groups is 1. The normalized spacial score (nSPS) is 12.4. The maximum atomic E-state index is 5.44. The van der Waals surface area contributed by atoms with E-state index in [9.17, 15) is 0 Å². The van der Waals surface area contributed by atoms with Crippen LogP contribution in [0, 0.1) is 6.92 Å². The summed E-state index contributed by atoms with van der Waals surface area (Å²) in [7, 11) is 0. The second kappa shape index (κ2) is 5.58. The lowest BCUT2D eigenvalue weighted by Crippen LogP contribution is -2.36. The van der Waals surface area contributed by atoms with Crippen molar-refractivity contribution in [3.8, 4) is 0 Å². The van der Waals surface area contributed by atoms with Crippen LogP contribution in [-0.4, -0.2) is 6.04 Å². The smallest absolute Gasteiger partial charge is 0.0285 e. The van der Waals surface area contributed by atoms with Gasteiger partial charge in [-0.1, -0.05) is 35.9 Å². The molecule has 0 radical (unpaired) electrons. The van der Waals surface area contributed by atoms with Gasteiger partial charge in [-0.05, 0) is 25.3 Å². The van der Waals surface area contributed by atoms with Crippen molar-refractivity contribution >= 4 is 0 Å². The molecule has 0 saturated heterocycles. The molecule has 0 aromatic heterocycles. The SMILES string of the molecule is C=CCC(Cc1ccc(C)cc1)NN. The van der Waals surface area contributed by atoms with E-state index in [0.717, 1.165) is 12.8 Å². The molecule has 0 bridgehead atoms. The molecule has 0 spiro atoms. The van der Waals surface area contributed by atoms with E-state index in [4.69, 9.17) is 5.84 Å². The second-order valence-electron chi connectivity index (χ2n) is 3.58. The van der Waals surface area contributed by atoms with Crippen LogP contribution >= 0.6 is 0 Å². The van der Waals surface area contributed by atoms with Gasteiger partial charge in [0, 0.05) is 6.04 Å². The summed E-state index contributed by atoms with van der Waals surface area (Å²) >= 11 is 0.